The van der Waals surface area contributed by atoms with Crippen LogP contribution < -0.4 is 0 Å². The Labute approximate surface area is 79.4 Å². The first-order chi connectivity index (χ1) is 5.52. The molecule has 1 aromatic rings. The van der Waals surface area contributed by atoms with Crippen molar-refractivity contribution in [2.24, 2.45) is 0 Å². The topological polar surface area (TPSA) is 20.2 Å². The van der Waals surface area contributed by atoms with Crippen molar-refractivity contribution < 1.29 is 9.50 Å². The summed E-state index contributed by atoms with van der Waals surface area (Å²) in [7, 11) is 0. The zero-order valence-electron chi connectivity index (χ0n) is 6.94. The molecule has 0 fully saturated rings. The molecule has 0 aromatic heterocycles. The molecular formula is C9H10BrFO. The van der Waals surface area contributed by atoms with Crippen LogP contribution in [0.2, 0.25) is 0 Å². The largest absolute Gasteiger partial charge is 0.389 e. The van der Waals surface area contributed by atoms with E-state index in [1.54, 1.807) is 19.9 Å². The highest BCUT2D eigenvalue weighted by molar-refractivity contribution is 9.10. The van der Waals surface area contributed by atoms with Gasteiger partial charge in [-0.3, -0.25) is 0 Å². The van der Waals surface area contributed by atoms with Gasteiger partial charge >= 0.3 is 0 Å². The number of hydrogen-bond donors (Lipinski definition) is 1. The van der Waals surface area contributed by atoms with Crippen molar-refractivity contribution in [1.82, 2.24) is 0 Å². The summed E-state index contributed by atoms with van der Waals surface area (Å²) in [4.78, 5) is 0. The Morgan fingerprint density at radius 3 is 2.58 bits per heavy atom. The van der Waals surface area contributed by atoms with Gasteiger partial charge in [-0.2, -0.15) is 0 Å². The van der Waals surface area contributed by atoms with E-state index in [0.29, 0.717) is 15.6 Å². The van der Waals surface area contributed by atoms with Crippen molar-refractivity contribution in [1.29, 1.82) is 0 Å². The first kappa shape index (κ1) is 9.68. The van der Waals surface area contributed by atoms with Gasteiger partial charge in [0, 0.05) is 4.47 Å². The van der Waals surface area contributed by atoms with Gasteiger partial charge in [0.2, 0.25) is 0 Å². The van der Waals surface area contributed by atoms with Crippen molar-refractivity contribution in [3.8, 4) is 0 Å². The normalized spacial score (nSPS) is 13.1. The number of hydrogen-bond acceptors (Lipinski definition) is 1. The van der Waals surface area contributed by atoms with Crippen LogP contribution in [0.5, 0.6) is 0 Å². The lowest BCUT2D eigenvalue weighted by Gasteiger charge is -2.09. The van der Waals surface area contributed by atoms with Crippen molar-refractivity contribution in [2.75, 3.05) is 0 Å². The van der Waals surface area contributed by atoms with Gasteiger partial charge in [-0.15, -0.1) is 0 Å². The molecule has 1 nitrogen and oxygen atoms in total. The van der Waals surface area contributed by atoms with Crippen LogP contribution >= 0.6 is 15.9 Å². The Morgan fingerprint density at radius 2 is 2.08 bits per heavy atom. The number of benzene rings is 1. The Balaban J connectivity index is 3.28. The second-order valence-electron chi connectivity index (χ2n) is 2.78. The van der Waals surface area contributed by atoms with Crippen molar-refractivity contribution in [3.05, 3.63) is 33.5 Å². The van der Waals surface area contributed by atoms with Gasteiger partial charge in [0.25, 0.3) is 0 Å². The van der Waals surface area contributed by atoms with E-state index in [0.717, 1.165) is 0 Å². The molecule has 0 aliphatic rings. The SMILES string of the molecule is Cc1c(F)cc(Br)cc1C(C)O. The summed E-state index contributed by atoms with van der Waals surface area (Å²) in [6.07, 6.45) is -0.628. The van der Waals surface area contributed by atoms with Gasteiger partial charge in [0.15, 0.2) is 0 Å². The zero-order valence-corrected chi connectivity index (χ0v) is 8.52. The van der Waals surface area contributed by atoms with Crippen molar-refractivity contribution in [2.45, 2.75) is 20.0 Å². The predicted molar refractivity (Wildman–Crippen MR) is 49.5 cm³/mol. The summed E-state index contributed by atoms with van der Waals surface area (Å²) in [5.74, 6) is -0.291. The minimum absolute atomic E-state index is 0.291. The Bertz CT molecular complexity index is 297. The molecule has 0 radical (unpaired) electrons. The van der Waals surface area contributed by atoms with E-state index in [1.165, 1.54) is 6.07 Å². The van der Waals surface area contributed by atoms with Gasteiger partial charge in [-0.25, -0.2) is 4.39 Å². The molecule has 0 aliphatic carbocycles. The van der Waals surface area contributed by atoms with Gasteiger partial charge in [0.1, 0.15) is 5.82 Å². The van der Waals surface area contributed by atoms with Gasteiger partial charge in [-0.1, -0.05) is 15.9 Å². The maximum Gasteiger partial charge on any atom is 0.127 e. The Hall–Kier alpha value is -0.410. The third-order valence-corrected chi connectivity index (χ3v) is 2.26. The van der Waals surface area contributed by atoms with Crippen LogP contribution in [0.25, 0.3) is 0 Å². The lowest BCUT2D eigenvalue weighted by molar-refractivity contribution is 0.198. The summed E-state index contributed by atoms with van der Waals surface area (Å²) in [6, 6.07) is 3.12. The predicted octanol–water partition coefficient (Wildman–Crippen LogP) is 2.95. The molecule has 0 bridgehead atoms. The highest BCUT2D eigenvalue weighted by atomic mass is 79.9. The highest BCUT2D eigenvalue weighted by Crippen LogP contribution is 2.24. The quantitative estimate of drug-likeness (QED) is 0.790. The summed E-state index contributed by atoms with van der Waals surface area (Å²) < 4.78 is 13.7. The first-order valence-electron chi connectivity index (χ1n) is 3.66. The fourth-order valence-electron chi connectivity index (χ4n) is 1.10. The standard InChI is InChI=1S/C9H10BrFO/c1-5-8(6(2)12)3-7(10)4-9(5)11/h3-4,6,12H,1-2H3. The van der Waals surface area contributed by atoms with Crippen molar-refractivity contribution >= 4 is 15.9 Å². The fraction of sp³-hybridized carbons (Fsp3) is 0.333. The molecule has 1 rings (SSSR count). The van der Waals surface area contributed by atoms with Gasteiger partial charge in [-0.05, 0) is 37.1 Å². The molecule has 1 atom stereocenters. The van der Waals surface area contributed by atoms with Gasteiger partial charge in [0.05, 0.1) is 6.10 Å². The summed E-state index contributed by atoms with van der Waals surface area (Å²) in [5.41, 5.74) is 1.13. The maximum atomic E-state index is 13.1. The molecule has 12 heavy (non-hydrogen) atoms. The Kier molecular flexibility index (Phi) is 2.85. The van der Waals surface area contributed by atoms with E-state index < -0.39 is 6.10 Å². The van der Waals surface area contributed by atoms with E-state index >= 15 is 0 Å². The lowest BCUT2D eigenvalue weighted by atomic mass is 10.0. The monoisotopic (exact) mass is 232 g/mol. The van der Waals surface area contributed by atoms with Crippen LogP contribution in [0.15, 0.2) is 16.6 Å². The second kappa shape index (κ2) is 3.54. The molecule has 0 aliphatic heterocycles. The molecular weight excluding hydrogens is 223 g/mol. The summed E-state index contributed by atoms with van der Waals surface area (Å²) in [5, 5.41) is 9.27. The average Bonchev–Trinajstić information content (AvgIpc) is 1.96. The number of aliphatic hydroxyl groups excluding tert-OH is 1. The van der Waals surface area contributed by atoms with E-state index in [1.807, 2.05) is 0 Å². The van der Waals surface area contributed by atoms with Crippen LogP contribution in [0.3, 0.4) is 0 Å². The average molecular weight is 233 g/mol. The van der Waals surface area contributed by atoms with E-state index in [9.17, 15) is 9.50 Å². The van der Waals surface area contributed by atoms with Crippen LogP contribution in [-0.2, 0) is 0 Å². The summed E-state index contributed by atoms with van der Waals surface area (Å²) in [6.45, 7) is 3.28. The molecule has 1 unspecified atom stereocenters. The molecule has 3 heteroatoms. The fourth-order valence-corrected chi connectivity index (χ4v) is 1.55. The van der Waals surface area contributed by atoms with Crippen LogP contribution in [0, 0.1) is 12.7 Å². The van der Waals surface area contributed by atoms with Crippen molar-refractivity contribution in [3.63, 3.8) is 0 Å². The number of rotatable bonds is 1. The first-order valence-corrected chi connectivity index (χ1v) is 4.45. The van der Waals surface area contributed by atoms with Crippen LogP contribution in [0.4, 0.5) is 4.39 Å². The highest BCUT2D eigenvalue weighted by Gasteiger charge is 2.09. The van der Waals surface area contributed by atoms with E-state index in [4.69, 9.17) is 0 Å². The van der Waals surface area contributed by atoms with Crippen LogP contribution in [0.1, 0.15) is 24.2 Å². The Morgan fingerprint density at radius 1 is 1.50 bits per heavy atom. The molecule has 1 N–H and O–H groups in total. The molecule has 66 valence electrons. The summed E-state index contributed by atoms with van der Waals surface area (Å²) >= 11 is 3.16. The lowest BCUT2D eigenvalue weighted by Crippen LogP contribution is -1.97. The maximum absolute atomic E-state index is 13.1. The van der Waals surface area contributed by atoms with E-state index in [2.05, 4.69) is 15.9 Å². The third-order valence-electron chi connectivity index (χ3n) is 1.80. The minimum Gasteiger partial charge on any atom is -0.389 e. The molecule has 0 spiro atoms. The van der Waals surface area contributed by atoms with Gasteiger partial charge < -0.3 is 5.11 Å². The van der Waals surface area contributed by atoms with Crippen LogP contribution in [-0.4, -0.2) is 5.11 Å². The second-order valence-corrected chi connectivity index (χ2v) is 3.69. The third kappa shape index (κ3) is 1.84. The zero-order chi connectivity index (χ0) is 9.30. The minimum atomic E-state index is -0.628. The molecule has 0 heterocycles. The van der Waals surface area contributed by atoms with E-state index in [-0.39, 0.29) is 5.82 Å². The molecule has 0 saturated carbocycles. The smallest absolute Gasteiger partial charge is 0.127 e. The number of halogens is 2. The molecule has 1 aromatic carbocycles. The molecule has 0 amide bonds. The molecule has 0 saturated heterocycles. The number of aliphatic hydroxyl groups is 1.